The summed E-state index contributed by atoms with van der Waals surface area (Å²) in [6.07, 6.45) is 6.29. The first-order valence-electron chi connectivity index (χ1n) is 4.85. The average Bonchev–Trinajstić information content (AvgIpc) is 2.72. The van der Waals surface area contributed by atoms with Crippen LogP contribution in [-0.4, -0.2) is 14.5 Å². The van der Waals surface area contributed by atoms with Crippen LogP contribution in [0, 0.1) is 11.5 Å². The van der Waals surface area contributed by atoms with Gasteiger partial charge < -0.3 is 0 Å². The van der Waals surface area contributed by atoms with E-state index in [0.717, 1.165) is 16.6 Å². The van der Waals surface area contributed by atoms with Gasteiger partial charge in [-0.05, 0) is 34.5 Å². The minimum absolute atomic E-state index is 0.590. The summed E-state index contributed by atoms with van der Waals surface area (Å²) in [5, 5.41) is 9.07. The molecule has 2 rings (SSSR count). The zero-order valence-corrected chi connectivity index (χ0v) is 10.3. The largest absolute Gasteiger partial charge is 0.252 e. The number of hydrogen-bond donors (Lipinski definition) is 0. The van der Waals surface area contributed by atoms with Gasteiger partial charge in [-0.25, -0.2) is 9.55 Å². The van der Waals surface area contributed by atoms with E-state index in [1.807, 2.05) is 19.1 Å². The lowest BCUT2D eigenvalue weighted by atomic mass is 10.3. The van der Waals surface area contributed by atoms with Crippen molar-refractivity contribution in [3.63, 3.8) is 0 Å². The summed E-state index contributed by atoms with van der Waals surface area (Å²) in [4.78, 5) is 8.44. The molecule has 80 valence electrons. The van der Waals surface area contributed by atoms with Crippen molar-refractivity contribution in [2.75, 3.05) is 0 Å². The maximum atomic E-state index is 9.07. The lowest BCUT2D eigenvalue weighted by Crippen LogP contribution is -1.98. The third-order valence-electron chi connectivity index (χ3n) is 2.25. The molecule has 0 radical (unpaired) electrons. The van der Waals surface area contributed by atoms with Gasteiger partial charge in [0.05, 0.1) is 11.9 Å². The Kier molecular flexibility index (Phi) is 3.02. The van der Waals surface area contributed by atoms with Crippen molar-refractivity contribution >= 4 is 15.9 Å². The molecule has 0 spiro atoms. The number of halogens is 1. The van der Waals surface area contributed by atoms with Crippen molar-refractivity contribution in [2.45, 2.75) is 13.3 Å². The van der Waals surface area contributed by atoms with Crippen LogP contribution in [0.5, 0.6) is 0 Å². The van der Waals surface area contributed by atoms with Crippen LogP contribution in [-0.2, 0) is 6.42 Å². The van der Waals surface area contributed by atoms with E-state index in [0.29, 0.717) is 11.5 Å². The SMILES string of the molecule is CCc1cnc(-c2ccc(Br)cn2)n1C#N. The fourth-order valence-corrected chi connectivity index (χ4v) is 1.67. The second-order valence-electron chi connectivity index (χ2n) is 3.22. The molecule has 0 aliphatic rings. The monoisotopic (exact) mass is 276 g/mol. The number of nitriles is 1. The van der Waals surface area contributed by atoms with E-state index in [1.54, 1.807) is 12.4 Å². The van der Waals surface area contributed by atoms with Crippen LogP contribution in [0.25, 0.3) is 11.5 Å². The summed E-state index contributed by atoms with van der Waals surface area (Å²) in [7, 11) is 0. The first kappa shape index (κ1) is 10.8. The second-order valence-corrected chi connectivity index (χ2v) is 4.14. The Morgan fingerprint density at radius 2 is 2.19 bits per heavy atom. The van der Waals surface area contributed by atoms with Gasteiger partial charge in [0, 0.05) is 10.7 Å². The molecule has 0 N–H and O–H groups in total. The number of pyridine rings is 1. The van der Waals surface area contributed by atoms with Crippen LogP contribution < -0.4 is 0 Å². The minimum Gasteiger partial charge on any atom is -0.252 e. The summed E-state index contributed by atoms with van der Waals surface area (Å²) in [5.74, 6) is 0.590. The van der Waals surface area contributed by atoms with Crippen LogP contribution >= 0.6 is 15.9 Å². The predicted molar refractivity (Wildman–Crippen MR) is 63.5 cm³/mol. The molecule has 5 heteroatoms. The maximum absolute atomic E-state index is 9.07. The molecule has 2 aromatic heterocycles. The van der Waals surface area contributed by atoms with Crippen LogP contribution in [0.3, 0.4) is 0 Å². The predicted octanol–water partition coefficient (Wildman–Crippen LogP) is 2.60. The molecule has 0 bridgehead atoms. The fraction of sp³-hybridized carbons (Fsp3) is 0.182. The minimum atomic E-state index is 0.590. The third-order valence-corrected chi connectivity index (χ3v) is 2.72. The van der Waals surface area contributed by atoms with Gasteiger partial charge in [-0.2, -0.15) is 5.26 Å². The summed E-state index contributed by atoms with van der Waals surface area (Å²) >= 11 is 3.32. The van der Waals surface area contributed by atoms with E-state index in [-0.39, 0.29) is 0 Å². The van der Waals surface area contributed by atoms with Crippen molar-refractivity contribution in [2.24, 2.45) is 0 Å². The number of aromatic nitrogens is 3. The van der Waals surface area contributed by atoms with Gasteiger partial charge in [0.2, 0.25) is 0 Å². The average molecular weight is 277 g/mol. The lowest BCUT2D eigenvalue weighted by Gasteiger charge is -2.00. The summed E-state index contributed by atoms with van der Waals surface area (Å²) in [6, 6.07) is 3.71. The molecule has 0 atom stereocenters. The highest BCUT2D eigenvalue weighted by Crippen LogP contribution is 2.18. The highest BCUT2D eigenvalue weighted by Gasteiger charge is 2.11. The summed E-state index contributed by atoms with van der Waals surface area (Å²) < 4.78 is 2.41. The molecule has 0 unspecified atom stereocenters. The Hall–Kier alpha value is -1.67. The van der Waals surface area contributed by atoms with E-state index in [1.165, 1.54) is 4.57 Å². The van der Waals surface area contributed by atoms with E-state index in [9.17, 15) is 0 Å². The van der Waals surface area contributed by atoms with Crippen LogP contribution in [0.4, 0.5) is 0 Å². The van der Waals surface area contributed by atoms with E-state index in [2.05, 4.69) is 32.1 Å². The van der Waals surface area contributed by atoms with Crippen LogP contribution in [0.1, 0.15) is 12.6 Å². The number of hydrogen-bond acceptors (Lipinski definition) is 3. The van der Waals surface area contributed by atoms with Crippen molar-refractivity contribution in [3.05, 3.63) is 34.7 Å². The van der Waals surface area contributed by atoms with E-state index >= 15 is 0 Å². The highest BCUT2D eigenvalue weighted by molar-refractivity contribution is 9.10. The van der Waals surface area contributed by atoms with Crippen molar-refractivity contribution in [1.82, 2.24) is 14.5 Å². The van der Waals surface area contributed by atoms with Gasteiger partial charge >= 0.3 is 0 Å². The molecule has 0 saturated heterocycles. The molecule has 0 aromatic carbocycles. The molecule has 0 saturated carbocycles. The standard InChI is InChI=1S/C11H9BrN4/c1-2-9-6-15-11(16(9)7-13)10-4-3-8(12)5-14-10/h3-6H,2H2,1H3. The van der Waals surface area contributed by atoms with Gasteiger partial charge in [-0.1, -0.05) is 6.92 Å². The molecule has 0 amide bonds. The Labute approximate surface area is 102 Å². The van der Waals surface area contributed by atoms with Gasteiger partial charge in [0.1, 0.15) is 5.69 Å². The summed E-state index contributed by atoms with van der Waals surface area (Å²) in [6.45, 7) is 1.99. The molecule has 4 nitrogen and oxygen atoms in total. The molecule has 0 fully saturated rings. The van der Waals surface area contributed by atoms with Gasteiger partial charge in [0.25, 0.3) is 0 Å². The molecule has 16 heavy (non-hydrogen) atoms. The molecule has 2 aromatic rings. The molecule has 0 aliphatic heterocycles. The molecular formula is C11H9BrN4. The smallest absolute Gasteiger partial charge is 0.190 e. The molecule has 2 heterocycles. The van der Waals surface area contributed by atoms with Gasteiger partial charge in [-0.15, -0.1) is 0 Å². The number of nitrogens with zero attached hydrogens (tertiary/aromatic N) is 4. The second kappa shape index (κ2) is 4.45. The van der Waals surface area contributed by atoms with Crippen molar-refractivity contribution in [1.29, 1.82) is 5.26 Å². The Morgan fingerprint density at radius 1 is 1.38 bits per heavy atom. The zero-order chi connectivity index (χ0) is 11.5. The van der Waals surface area contributed by atoms with Gasteiger partial charge in [-0.3, -0.25) is 4.98 Å². The Morgan fingerprint density at radius 3 is 2.75 bits per heavy atom. The van der Waals surface area contributed by atoms with E-state index in [4.69, 9.17) is 5.26 Å². The van der Waals surface area contributed by atoms with Crippen LogP contribution in [0.2, 0.25) is 0 Å². The summed E-state index contributed by atoms with van der Waals surface area (Å²) in [5.41, 5.74) is 1.59. The number of aryl methyl sites for hydroxylation is 1. The lowest BCUT2D eigenvalue weighted by molar-refractivity contribution is 0.949. The first-order chi connectivity index (χ1) is 7.76. The zero-order valence-electron chi connectivity index (χ0n) is 8.68. The Bertz CT molecular complexity index is 536. The number of rotatable bonds is 2. The quantitative estimate of drug-likeness (QED) is 0.847. The normalized spacial score (nSPS) is 10.1. The van der Waals surface area contributed by atoms with E-state index < -0.39 is 0 Å². The third kappa shape index (κ3) is 1.84. The Balaban J connectivity index is 2.52. The first-order valence-corrected chi connectivity index (χ1v) is 5.64. The van der Waals surface area contributed by atoms with Crippen molar-refractivity contribution in [3.8, 4) is 17.7 Å². The van der Waals surface area contributed by atoms with Gasteiger partial charge in [0.15, 0.2) is 12.0 Å². The maximum Gasteiger partial charge on any atom is 0.190 e. The molecule has 0 aliphatic carbocycles. The van der Waals surface area contributed by atoms with Crippen molar-refractivity contribution < 1.29 is 0 Å². The number of imidazole rings is 1. The highest BCUT2D eigenvalue weighted by atomic mass is 79.9. The van der Waals surface area contributed by atoms with Crippen LogP contribution in [0.15, 0.2) is 29.0 Å². The fourth-order valence-electron chi connectivity index (χ4n) is 1.44. The molecular weight excluding hydrogens is 268 g/mol. The topological polar surface area (TPSA) is 54.5 Å².